The molecule has 0 bridgehead atoms. The van der Waals surface area contributed by atoms with E-state index in [1.54, 1.807) is 0 Å². The van der Waals surface area contributed by atoms with Gasteiger partial charge in [0.2, 0.25) is 15.9 Å². The van der Waals surface area contributed by atoms with Crippen molar-refractivity contribution in [2.75, 3.05) is 6.26 Å². The highest BCUT2D eigenvalue weighted by atomic mass is 32.2. The number of hydrogen-bond donors (Lipinski definition) is 2. The predicted molar refractivity (Wildman–Crippen MR) is 43.7 cm³/mol. The number of hydrogen-bond acceptors (Lipinski definition) is 4. The molecular weight excluding hydrogens is 180 g/mol. The van der Waals surface area contributed by atoms with E-state index in [4.69, 9.17) is 5.73 Å². The van der Waals surface area contributed by atoms with Crippen molar-refractivity contribution in [1.29, 1.82) is 0 Å². The van der Waals surface area contributed by atoms with Crippen LogP contribution in [0.2, 0.25) is 0 Å². The molecule has 0 aromatic carbocycles. The van der Waals surface area contributed by atoms with Gasteiger partial charge in [0.25, 0.3) is 0 Å². The summed E-state index contributed by atoms with van der Waals surface area (Å²) in [6.07, 6.45) is 2.13. The van der Waals surface area contributed by atoms with Crippen LogP contribution in [0.25, 0.3) is 0 Å². The summed E-state index contributed by atoms with van der Waals surface area (Å²) in [5, 5.41) is 0. The lowest BCUT2D eigenvalue weighted by Crippen LogP contribution is -2.46. The molecule has 0 spiro atoms. The molecule has 12 heavy (non-hydrogen) atoms. The third-order valence-electron chi connectivity index (χ3n) is 1.83. The first-order valence-electron chi connectivity index (χ1n) is 3.65. The van der Waals surface area contributed by atoms with Crippen molar-refractivity contribution in [2.24, 2.45) is 11.7 Å². The van der Waals surface area contributed by atoms with Crippen molar-refractivity contribution in [3.05, 3.63) is 0 Å². The van der Waals surface area contributed by atoms with Gasteiger partial charge in [-0.25, -0.2) is 8.42 Å². The van der Waals surface area contributed by atoms with Gasteiger partial charge in [0.05, 0.1) is 6.26 Å². The summed E-state index contributed by atoms with van der Waals surface area (Å²) >= 11 is 0. The van der Waals surface area contributed by atoms with E-state index in [0.29, 0.717) is 12.8 Å². The maximum Gasteiger partial charge on any atom is 0.236 e. The minimum atomic E-state index is -3.40. The van der Waals surface area contributed by atoms with Gasteiger partial charge in [-0.1, -0.05) is 0 Å². The zero-order valence-corrected chi connectivity index (χ0v) is 7.60. The Balaban J connectivity index is 2.41. The highest BCUT2D eigenvalue weighted by molar-refractivity contribution is 7.89. The Morgan fingerprint density at radius 1 is 1.50 bits per heavy atom. The van der Waals surface area contributed by atoms with E-state index in [-0.39, 0.29) is 12.0 Å². The third kappa shape index (κ3) is 2.46. The normalized spacial score (nSPS) is 29.2. The van der Waals surface area contributed by atoms with E-state index in [1.165, 1.54) is 0 Å². The zero-order chi connectivity index (χ0) is 9.35. The number of carbonyl (C=O) groups is 1. The van der Waals surface area contributed by atoms with Crippen LogP contribution < -0.4 is 10.5 Å². The maximum absolute atomic E-state index is 11.0. The second-order valence-electron chi connectivity index (χ2n) is 3.17. The number of nitrogens with two attached hydrogens (primary N) is 1. The fourth-order valence-corrected chi connectivity index (χ4v) is 1.67. The van der Waals surface area contributed by atoms with Gasteiger partial charge in [0.15, 0.2) is 0 Å². The Morgan fingerprint density at radius 2 is 2.00 bits per heavy atom. The van der Waals surface area contributed by atoms with Gasteiger partial charge >= 0.3 is 0 Å². The van der Waals surface area contributed by atoms with Crippen LogP contribution in [0.15, 0.2) is 0 Å². The highest BCUT2D eigenvalue weighted by Gasteiger charge is 2.32. The minimum Gasteiger partial charge on any atom is -0.328 e. The molecule has 0 unspecified atom stereocenters. The first kappa shape index (κ1) is 9.47. The summed E-state index contributed by atoms with van der Waals surface area (Å²) in [6, 6.07) is 0.0558. The Bertz CT molecular complexity index is 279. The van der Waals surface area contributed by atoms with Gasteiger partial charge in [-0.15, -0.1) is 0 Å². The summed E-state index contributed by atoms with van der Waals surface area (Å²) in [5.74, 6) is -0.645. The largest absolute Gasteiger partial charge is 0.328 e. The number of carbonyl (C=O) groups excluding carboxylic acids is 1. The molecule has 0 atom stereocenters. The van der Waals surface area contributed by atoms with E-state index in [0.717, 1.165) is 6.26 Å². The molecule has 0 aliphatic heterocycles. The van der Waals surface area contributed by atoms with Crippen molar-refractivity contribution >= 4 is 15.9 Å². The molecular formula is C6H12N2O3S. The number of sulfonamides is 1. The Hall–Kier alpha value is -0.620. The fourth-order valence-electron chi connectivity index (χ4n) is 1.14. The van der Waals surface area contributed by atoms with Crippen LogP contribution in [-0.2, 0) is 14.8 Å². The summed E-state index contributed by atoms with van der Waals surface area (Å²) < 4.78 is 23.1. The maximum atomic E-state index is 11.0. The van der Waals surface area contributed by atoms with Crippen LogP contribution in [0.5, 0.6) is 0 Å². The average molecular weight is 192 g/mol. The molecule has 0 saturated heterocycles. The van der Waals surface area contributed by atoms with E-state index in [1.807, 2.05) is 4.72 Å². The van der Waals surface area contributed by atoms with Gasteiger partial charge in [-0.3, -0.25) is 9.52 Å². The van der Waals surface area contributed by atoms with Gasteiger partial charge in [0.1, 0.15) is 0 Å². The lowest BCUT2D eigenvalue weighted by Gasteiger charge is -2.30. The molecule has 1 rings (SSSR count). The van der Waals surface area contributed by atoms with E-state index in [9.17, 15) is 13.2 Å². The van der Waals surface area contributed by atoms with E-state index in [2.05, 4.69) is 0 Å². The molecule has 70 valence electrons. The summed E-state index contributed by atoms with van der Waals surface area (Å²) in [4.78, 5) is 11.0. The van der Waals surface area contributed by atoms with Crippen LogP contribution in [0, 0.1) is 5.92 Å². The molecule has 0 aromatic rings. The first-order valence-corrected chi connectivity index (χ1v) is 5.55. The Labute approximate surface area is 71.4 Å². The summed E-state index contributed by atoms with van der Waals surface area (Å²) in [6.45, 7) is 0. The average Bonchev–Trinajstić information content (AvgIpc) is 1.76. The SMILES string of the molecule is CS(=O)(=O)NC(=O)C1CC(N)C1. The molecule has 1 amide bonds. The van der Waals surface area contributed by atoms with Crippen molar-refractivity contribution in [3.8, 4) is 0 Å². The van der Waals surface area contributed by atoms with Gasteiger partial charge in [0, 0.05) is 12.0 Å². The number of nitrogens with one attached hydrogen (secondary N) is 1. The zero-order valence-electron chi connectivity index (χ0n) is 6.78. The number of rotatable bonds is 2. The minimum absolute atomic E-state index is 0.0558. The lowest BCUT2D eigenvalue weighted by atomic mass is 9.80. The molecule has 0 radical (unpaired) electrons. The van der Waals surface area contributed by atoms with Crippen LogP contribution in [0.4, 0.5) is 0 Å². The smallest absolute Gasteiger partial charge is 0.236 e. The summed E-state index contributed by atoms with van der Waals surface area (Å²) in [5.41, 5.74) is 5.44. The predicted octanol–water partition coefficient (Wildman–Crippen LogP) is -1.20. The fraction of sp³-hybridized carbons (Fsp3) is 0.833. The molecule has 3 N–H and O–H groups in total. The van der Waals surface area contributed by atoms with Gasteiger partial charge < -0.3 is 5.73 Å². The van der Waals surface area contributed by atoms with Gasteiger partial charge in [-0.2, -0.15) is 0 Å². The van der Waals surface area contributed by atoms with E-state index < -0.39 is 15.9 Å². The van der Waals surface area contributed by atoms with Crippen molar-refractivity contribution in [1.82, 2.24) is 4.72 Å². The molecule has 1 saturated carbocycles. The summed E-state index contributed by atoms with van der Waals surface area (Å²) in [7, 11) is -3.40. The molecule has 0 aromatic heterocycles. The molecule has 6 heteroatoms. The van der Waals surface area contributed by atoms with Crippen LogP contribution >= 0.6 is 0 Å². The van der Waals surface area contributed by atoms with Crippen molar-refractivity contribution in [3.63, 3.8) is 0 Å². The van der Waals surface area contributed by atoms with E-state index >= 15 is 0 Å². The van der Waals surface area contributed by atoms with Crippen LogP contribution in [0.1, 0.15) is 12.8 Å². The topological polar surface area (TPSA) is 89.3 Å². The first-order chi connectivity index (χ1) is 5.38. The highest BCUT2D eigenvalue weighted by Crippen LogP contribution is 2.25. The molecule has 1 aliphatic carbocycles. The number of amides is 1. The monoisotopic (exact) mass is 192 g/mol. The molecule has 0 heterocycles. The second kappa shape index (κ2) is 3.02. The molecule has 1 fully saturated rings. The van der Waals surface area contributed by atoms with Crippen LogP contribution in [0.3, 0.4) is 0 Å². The molecule has 1 aliphatic rings. The second-order valence-corrected chi connectivity index (χ2v) is 4.92. The standard InChI is InChI=1S/C6H12N2O3S/c1-12(10,11)8-6(9)4-2-5(7)3-4/h4-5H,2-3,7H2,1H3,(H,8,9). The van der Waals surface area contributed by atoms with Crippen molar-refractivity contribution < 1.29 is 13.2 Å². The quantitative estimate of drug-likeness (QED) is 0.575. The third-order valence-corrected chi connectivity index (χ3v) is 2.40. The Morgan fingerprint density at radius 3 is 2.33 bits per heavy atom. The van der Waals surface area contributed by atoms with Crippen molar-refractivity contribution in [2.45, 2.75) is 18.9 Å². The molecule has 5 nitrogen and oxygen atoms in total. The Kier molecular flexibility index (Phi) is 2.39. The lowest BCUT2D eigenvalue weighted by molar-refractivity contribution is -0.125. The van der Waals surface area contributed by atoms with Gasteiger partial charge in [-0.05, 0) is 12.8 Å². The van der Waals surface area contributed by atoms with Crippen LogP contribution in [-0.4, -0.2) is 26.6 Å².